The first-order chi connectivity index (χ1) is 7.22. The first kappa shape index (κ1) is 11.8. The molecule has 0 aliphatic heterocycles. The van der Waals surface area contributed by atoms with E-state index < -0.39 is 0 Å². The number of anilines is 1. The largest absolute Gasteiger partial charge is 0.360 e. The number of benzene rings is 1. The molecule has 0 spiro atoms. The average Bonchev–Trinajstić information content (AvgIpc) is 2.26. The number of carbonyl (C=O) groups is 1. The number of halogens is 1. The van der Waals surface area contributed by atoms with Gasteiger partial charge in [-0.2, -0.15) is 0 Å². The van der Waals surface area contributed by atoms with Crippen LogP contribution in [0.5, 0.6) is 0 Å². The Balaban J connectivity index is 3.03. The summed E-state index contributed by atoms with van der Waals surface area (Å²) in [5.41, 5.74) is 1.67. The third kappa shape index (κ3) is 2.84. The second-order valence-electron chi connectivity index (χ2n) is 3.05. The minimum atomic E-state index is 0.565. The van der Waals surface area contributed by atoms with E-state index in [2.05, 4.69) is 26.8 Å². The van der Waals surface area contributed by atoms with E-state index in [-0.39, 0.29) is 0 Å². The fourth-order valence-electron chi connectivity index (χ4n) is 1.33. The molecule has 0 aliphatic carbocycles. The maximum Gasteiger partial charge on any atom is 0.150 e. The van der Waals surface area contributed by atoms with Crippen LogP contribution in [0, 0.1) is 12.3 Å². The molecule has 0 fully saturated rings. The van der Waals surface area contributed by atoms with Crippen LogP contribution < -0.4 is 4.90 Å². The maximum absolute atomic E-state index is 10.6. The Morgan fingerprint density at radius 1 is 1.60 bits per heavy atom. The molecule has 3 heteroatoms. The summed E-state index contributed by atoms with van der Waals surface area (Å²) in [6, 6.07) is 5.47. The Morgan fingerprint density at radius 2 is 2.33 bits per heavy atom. The molecule has 0 amide bonds. The van der Waals surface area contributed by atoms with Crippen molar-refractivity contribution in [3.05, 3.63) is 28.2 Å². The SMILES string of the molecule is C#CCN(CC)c1ccc(C=O)cc1Br. The number of aldehydes is 1. The first-order valence-electron chi connectivity index (χ1n) is 4.66. The van der Waals surface area contributed by atoms with Gasteiger partial charge in [0.05, 0.1) is 12.2 Å². The van der Waals surface area contributed by atoms with Crippen molar-refractivity contribution >= 4 is 27.9 Å². The van der Waals surface area contributed by atoms with Gasteiger partial charge in [0.15, 0.2) is 0 Å². The lowest BCUT2D eigenvalue weighted by Crippen LogP contribution is -2.23. The molecular formula is C12H12BrNO. The number of carbonyl (C=O) groups excluding carboxylic acids is 1. The molecule has 0 bridgehead atoms. The molecule has 1 aromatic carbocycles. The predicted octanol–water partition coefficient (Wildman–Crippen LogP) is 2.72. The summed E-state index contributed by atoms with van der Waals surface area (Å²) < 4.78 is 0.893. The number of hydrogen-bond donors (Lipinski definition) is 0. The highest BCUT2D eigenvalue weighted by atomic mass is 79.9. The summed E-state index contributed by atoms with van der Waals surface area (Å²) in [5.74, 6) is 2.61. The Bertz CT molecular complexity index is 395. The van der Waals surface area contributed by atoms with Crippen molar-refractivity contribution in [2.24, 2.45) is 0 Å². The van der Waals surface area contributed by atoms with E-state index in [4.69, 9.17) is 6.42 Å². The molecule has 1 aromatic rings. The van der Waals surface area contributed by atoms with Crippen molar-refractivity contribution in [2.45, 2.75) is 6.92 Å². The molecule has 0 heterocycles. The zero-order chi connectivity index (χ0) is 11.3. The van der Waals surface area contributed by atoms with Crippen molar-refractivity contribution in [3.8, 4) is 12.3 Å². The third-order valence-electron chi connectivity index (χ3n) is 2.11. The maximum atomic E-state index is 10.6. The van der Waals surface area contributed by atoms with Gasteiger partial charge in [-0.15, -0.1) is 6.42 Å². The van der Waals surface area contributed by atoms with Gasteiger partial charge in [0.1, 0.15) is 6.29 Å². The molecule has 0 radical (unpaired) electrons. The minimum absolute atomic E-state index is 0.565. The number of nitrogens with zero attached hydrogens (tertiary/aromatic N) is 1. The Morgan fingerprint density at radius 3 is 2.80 bits per heavy atom. The van der Waals surface area contributed by atoms with Crippen LogP contribution in [0.4, 0.5) is 5.69 Å². The number of hydrogen-bond acceptors (Lipinski definition) is 2. The molecular weight excluding hydrogens is 254 g/mol. The monoisotopic (exact) mass is 265 g/mol. The lowest BCUT2D eigenvalue weighted by atomic mass is 10.2. The second-order valence-corrected chi connectivity index (χ2v) is 3.90. The second kappa shape index (κ2) is 5.57. The normalized spacial score (nSPS) is 9.40. The summed E-state index contributed by atoms with van der Waals surface area (Å²) >= 11 is 3.43. The topological polar surface area (TPSA) is 20.3 Å². The lowest BCUT2D eigenvalue weighted by molar-refractivity contribution is 0.112. The van der Waals surface area contributed by atoms with Crippen molar-refractivity contribution < 1.29 is 4.79 Å². The van der Waals surface area contributed by atoms with Crippen LogP contribution in [0.25, 0.3) is 0 Å². The molecule has 78 valence electrons. The van der Waals surface area contributed by atoms with Crippen LogP contribution in [0.1, 0.15) is 17.3 Å². The van der Waals surface area contributed by atoms with E-state index in [9.17, 15) is 4.79 Å². The van der Waals surface area contributed by atoms with Gasteiger partial charge in [-0.05, 0) is 41.1 Å². The minimum Gasteiger partial charge on any atom is -0.360 e. The lowest BCUT2D eigenvalue weighted by Gasteiger charge is -2.21. The van der Waals surface area contributed by atoms with Crippen LogP contribution in [-0.4, -0.2) is 19.4 Å². The predicted molar refractivity (Wildman–Crippen MR) is 66.2 cm³/mol. The van der Waals surface area contributed by atoms with Crippen molar-refractivity contribution in [3.63, 3.8) is 0 Å². The summed E-state index contributed by atoms with van der Waals surface area (Å²) in [6.07, 6.45) is 6.11. The highest BCUT2D eigenvalue weighted by molar-refractivity contribution is 9.10. The van der Waals surface area contributed by atoms with Gasteiger partial charge in [-0.25, -0.2) is 0 Å². The van der Waals surface area contributed by atoms with E-state index in [0.29, 0.717) is 12.1 Å². The molecule has 2 nitrogen and oxygen atoms in total. The van der Waals surface area contributed by atoms with Crippen LogP contribution in [0.15, 0.2) is 22.7 Å². The quantitative estimate of drug-likeness (QED) is 0.617. The number of terminal acetylenes is 1. The van der Waals surface area contributed by atoms with Gasteiger partial charge >= 0.3 is 0 Å². The average molecular weight is 266 g/mol. The fraction of sp³-hybridized carbons (Fsp3) is 0.250. The van der Waals surface area contributed by atoms with Gasteiger partial charge in [0.25, 0.3) is 0 Å². The van der Waals surface area contributed by atoms with Crippen molar-refractivity contribution in [2.75, 3.05) is 18.0 Å². The summed E-state index contributed by atoms with van der Waals surface area (Å²) in [5, 5.41) is 0. The van der Waals surface area contributed by atoms with Crippen LogP contribution in [0.2, 0.25) is 0 Å². The molecule has 1 rings (SSSR count). The molecule has 0 aromatic heterocycles. The highest BCUT2D eigenvalue weighted by Crippen LogP contribution is 2.26. The van der Waals surface area contributed by atoms with E-state index in [1.54, 1.807) is 12.1 Å². The van der Waals surface area contributed by atoms with Crippen LogP contribution >= 0.6 is 15.9 Å². The first-order valence-corrected chi connectivity index (χ1v) is 5.45. The highest BCUT2D eigenvalue weighted by Gasteiger charge is 2.07. The molecule has 0 N–H and O–H groups in total. The van der Waals surface area contributed by atoms with Crippen molar-refractivity contribution in [1.29, 1.82) is 0 Å². The molecule has 15 heavy (non-hydrogen) atoms. The Labute approximate surface area is 98.4 Å². The summed E-state index contributed by atoms with van der Waals surface area (Å²) in [6.45, 7) is 3.44. The standard InChI is InChI=1S/C12H12BrNO/c1-3-7-14(4-2)12-6-5-10(9-15)8-11(12)13/h1,5-6,8-9H,4,7H2,2H3. The molecule has 0 atom stereocenters. The van der Waals surface area contributed by atoms with E-state index in [0.717, 1.165) is 23.0 Å². The van der Waals surface area contributed by atoms with Crippen LogP contribution in [0.3, 0.4) is 0 Å². The zero-order valence-electron chi connectivity index (χ0n) is 8.53. The zero-order valence-corrected chi connectivity index (χ0v) is 10.1. The van der Waals surface area contributed by atoms with E-state index in [1.165, 1.54) is 0 Å². The van der Waals surface area contributed by atoms with E-state index in [1.807, 2.05) is 13.0 Å². The third-order valence-corrected chi connectivity index (χ3v) is 2.75. The van der Waals surface area contributed by atoms with Gasteiger partial charge in [0, 0.05) is 16.6 Å². The Hall–Kier alpha value is -1.27. The van der Waals surface area contributed by atoms with Gasteiger partial charge in [0.2, 0.25) is 0 Å². The Kier molecular flexibility index (Phi) is 4.38. The fourth-order valence-corrected chi connectivity index (χ4v) is 1.98. The van der Waals surface area contributed by atoms with Crippen LogP contribution in [-0.2, 0) is 0 Å². The van der Waals surface area contributed by atoms with Gasteiger partial charge < -0.3 is 4.90 Å². The molecule has 0 saturated carbocycles. The summed E-state index contributed by atoms with van der Waals surface area (Å²) in [4.78, 5) is 12.6. The molecule has 0 aliphatic rings. The summed E-state index contributed by atoms with van der Waals surface area (Å²) in [7, 11) is 0. The van der Waals surface area contributed by atoms with Gasteiger partial charge in [-0.3, -0.25) is 4.79 Å². The smallest absolute Gasteiger partial charge is 0.150 e. The van der Waals surface area contributed by atoms with E-state index >= 15 is 0 Å². The van der Waals surface area contributed by atoms with Gasteiger partial charge in [-0.1, -0.05) is 5.92 Å². The molecule has 0 unspecified atom stereocenters. The molecule has 0 saturated heterocycles. The van der Waals surface area contributed by atoms with Crippen molar-refractivity contribution in [1.82, 2.24) is 0 Å². The number of rotatable bonds is 4.